The van der Waals surface area contributed by atoms with Crippen molar-refractivity contribution in [3.05, 3.63) is 54.1 Å². The van der Waals surface area contributed by atoms with Gasteiger partial charge in [-0.25, -0.2) is 0 Å². The molecule has 1 fully saturated rings. The van der Waals surface area contributed by atoms with E-state index in [2.05, 4.69) is 16.1 Å². The fourth-order valence-electron chi connectivity index (χ4n) is 3.08. The minimum Gasteiger partial charge on any atom is -0.491 e. The van der Waals surface area contributed by atoms with Crippen LogP contribution in [0.3, 0.4) is 0 Å². The van der Waals surface area contributed by atoms with E-state index in [9.17, 15) is 9.59 Å². The molecule has 2 aromatic carbocycles. The van der Waals surface area contributed by atoms with Gasteiger partial charge in [-0.05, 0) is 41.8 Å². The Labute approximate surface area is 157 Å². The lowest BCUT2D eigenvalue weighted by atomic mass is 10.0. The molecule has 1 amide bonds. The number of esters is 1. The summed E-state index contributed by atoms with van der Waals surface area (Å²) >= 11 is 0. The number of rotatable bonds is 6. The van der Waals surface area contributed by atoms with Crippen molar-refractivity contribution in [3.8, 4) is 22.9 Å². The zero-order valence-corrected chi connectivity index (χ0v) is 15.0. The fourth-order valence-corrected chi connectivity index (χ4v) is 3.08. The molecule has 1 saturated heterocycles. The van der Waals surface area contributed by atoms with Gasteiger partial charge in [0.25, 0.3) is 0 Å². The van der Waals surface area contributed by atoms with Crippen molar-refractivity contribution in [1.82, 2.24) is 5.32 Å². The number of carbonyl (C=O) groups is 2. The van der Waals surface area contributed by atoms with Crippen molar-refractivity contribution in [2.24, 2.45) is 5.92 Å². The molecule has 0 saturated carbocycles. The van der Waals surface area contributed by atoms with Crippen LogP contribution in [0.5, 0.6) is 5.75 Å². The van der Waals surface area contributed by atoms with Crippen LogP contribution in [0.2, 0.25) is 0 Å². The molecule has 1 aliphatic rings. The van der Waals surface area contributed by atoms with Gasteiger partial charge >= 0.3 is 5.97 Å². The number of ether oxygens (including phenoxy) is 2. The molecule has 6 nitrogen and oxygen atoms in total. The largest absolute Gasteiger partial charge is 0.491 e. The zero-order valence-electron chi connectivity index (χ0n) is 15.0. The summed E-state index contributed by atoms with van der Waals surface area (Å²) in [7, 11) is 1.32. The highest BCUT2D eigenvalue weighted by Gasteiger charge is 2.34. The molecule has 27 heavy (non-hydrogen) atoms. The third-order valence-electron chi connectivity index (χ3n) is 4.58. The highest BCUT2D eigenvalue weighted by atomic mass is 16.5. The smallest absolute Gasteiger partial charge is 0.306 e. The van der Waals surface area contributed by atoms with Gasteiger partial charge in [0.2, 0.25) is 5.91 Å². The molecule has 2 aromatic rings. The third kappa shape index (κ3) is 4.64. The highest BCUT2D eigenvalue weighted by Crippen LogP contribution is 2.24. The maximum atomic E-state index is 11.9. The summed E-state index contributed by atoms with van der Waals surface area (Å²) in [5.41, 5.74) is 2.68. The number of amides is 1. The van der Waals surface area contributed by atoms with E-state index in [1.807, 2.05) is 36.4 Å². The SMILES string of the molecule is COC(=O)C[C@@H]1C[C@@H](COc2ccc(-c3ccc(C#N)cc3)cc2)NC1=O. The maximum Gasteiger partial charge on any atom is 0.306 e. The van der Waals surface area contributed by atoms with Crippen LogP contribution in [0.25, 0.3) is 11.1 Å². The van der Waals surface area contributed by atoms with Crippen molar-refractivity contribution in [2.75, 3.05) is 13.7 Å². The number of nitriles is 1. The Morgan fingerprint density at radius 3 is 2.37 bits per heavy atom. The summed E-state index contributed by atoms with van der Waals surface area (Å²) in [5.74, 6) is -0.164. The molecule has 0 unspecified atom stereocenters. The van der Waals surface area contributed by atoms with Crippen LogP contribution in [0, 0.1) is 17.2 Å². The molecule has 0 bridgehead atoms. The van der Waals surface area contributed by atoms with Gasteiger partial charge in [0.15, 0.2) is 0 Å². The average molecular weight is 364 g/mol. The molecule has 0 spiro atoms. The van der Waals surface area contributed by atoms with Crippen LogP contribution in [0.1, 0.15) is 18.4 Å². The van der Waals surface area contributed by atoms with Crippen LogP contribution in [-0.2, 0) is 14.3 Å². The van der Waals surface area contributed by atoms with E-state index in [-0.39, 0.29) is 30.3 Å². The molecule has 3 rings (SSSR count). The van der Waals surface area contributed by atoms with Crippen molar-refractivity contribution >= 4 is 11.9 Å². The molecule has 1 heterocycles. The first-order valence-corrected chi connectivity index (χ1v) is 8.69. The van der Waals surface area contributed by atoms with E-state index in [1.54, 1.807) is 12.1 Å². The number of methoxy groups -OCH3 is 1. The number of nitrogens with one attached hydrogen (secondary N) is 1. The standard InChI is InChI=1S/C21H20N2O4/c1-26-20(24)11-17-10-18(23-21(17)25)13-27-19-8-6-16(7-9-19)15-4-2-14(12-22)3-5-15/h2-9,17-18H,10-11,13H2,1H3,(H,23,25)/t17-,18-/m0/s1. The van der Waals surface area contributed by atoms with Crippen molar-refractivity contribution in [3.63, 3.8) is 0 Å². The minimum absolute atomic E-state index is 0.0954. The lowest BCUT2D eigenvalue weighted by Gasteiger charge is -2.12. The van der Waals surface area contributed by atoms with Crippen molar-refractivity contribution < 1.29 is 19.1 Å². The lowest BCUT2D eigenvalue weighted by Crippen LogP contribution is -2.31. The monoisotopic (exact) mass is 364 g/mol. The molecule has 1 N–H and O–H groups in total. The Balaban J connectivity index is 1.54. The Morgan fingerprint density at radius 1 is 1.15 bits per heavy atom. The van der Waals surface area contributed by atoms with E-state index in [0.29, 0.717) is 24.3 Å². The number of hydrogen-bond donors (Lipinski definition) is 1. The van der Waals surface area contributed by atoms with Crippen LogP contribution in [-0.4, -0.2) is 31.6 Å². The summed E-state index contributed by atoms with van der Waals surface area (Å²) in [6, 6.07) is 17.0. The average Bonchev–Trinajstić information content (AvgIpc) is 3.06. The molecular weight excluding hydrogens is 344 g/mol. The second kappa shape index (κ2) is 8.37. The van der Waals surface area contributed by atoms with Crippen LogP contribution < -0.4 is 10.1 Å². The summed E-state index contributed by atoms with van der Waals surface area (Å²) in [6.07, 6.45) is 0.648. The Kier molecular flexibility index (Phi) is 5.72. The normalized spacial score (nSPS) is 18.4. The Hall–Kier alpha value is -3.33. The summed E-state index contributed by atoms with van der Waals surface area (Å²) in [5, 5.41) is 11.7. The fraction of sp³-hybridized carbons (Fsp3) is 0.286. The molecule has 2 atom stereocenters. The zero-order chi connectivity index (χ0) is 19.2. The van der Waals surface area contributed by atoms with Crippen molar-refractivity contribution in [2.45, 2.75) is 18.9 Å². The minimum atomic E-state index is -0.380. The van der Waals surface area contributed by atoms with Crippen LogP contribution >= 0.6 is 0 Å². The molecule has 0 aliphatic carbocycles. The van der Waals surface area contributed by atoms with Gasteiger partial charge in [-0.1, -0.05) is 24.3 Å². The van der Waals surface area contributed by atoms with Gasteiger partial charge in [-0.2, -0.15) is 5.26 Å². The molecule has 0 radical (unpaired) electrons. The van der Waals surface area contributed by atoms with Gasteiger partial charge in [-0.15, -0.1) is 0 Å². The first-order valence-electron chi connectivity index (χ1n) is 8.69. The summed E-state index contributed by atoms with van der Waals surface area (Å²) < 4.78 is 10.4. The van der Waals surface area contributed by atoms with E-state index < -0.39 is 0 Å². The first-order chi connectivity index (χ1) is 13.1. The topological polar surface area (TPSA) is 88.4 Å². The Morgan fingerprint density at radius 2 is 1.78 bits per heavy atom. The Bertz CT molecular complexity index is 853. The number of carbonyl (C=O) groups excluding carboxylic acids is 2. The third-order valence-corrected chi connectivity index (χ3v) is 4.58. The van der Waals surface area contributed by atoms with Crippen LogP contribution in [0.4, 0.5) is 0 Å². The number of nitrogens with zero attached hydrogens (tertiary/aromatic N) is 1. The second-order valence-corrected chi connectivity index (χ2v) is 6.44. The predicted molar refractivity (Wildman–Crippen MR) is 98.8 cm³/mol. The van der Waals surface area contributed by atoms with Gasteiger partial charge in [0.05, 0.1) is 37.1 Å². The van der Waals surface area contributed by atoms with Gasteiger partial charge in [0.1, 0.15) is 12.4 Å². The van der Waals surface area contributed by atoms with E-state index in [0.717, 1.165) is 11.1 Å². The molecular formula is C21H20N2O4. The summed E-state index contributed by atoms with van der Waals surface area (Å²) in [6.45, 7) is 0.347. The molecule has 138 valence electrons. The second-order valence-electron chi connectivity index (χ2n) is 6.44. The van der Waals surface area contributed by atoms with E-state index >= 15 is 0 Å². The molecule has 0 aromatic heterocycles. The van der Waals surface area contributed by atoms with Crippen molar-refractivity contribution in [1.29, 1.82) is 5.26 Å². The lowest BCUT2D eigenvalue weighted by molar-refractivity contribution is -0.143. The first kappa shape index (κ1) is 18.5. The van der Waals surface area contributed by atoms with Gasteiger partial charge in [0, 0.05) is 0 Å². The van der Waals surface area contributed by atoms with E-state index in [1.165, 1.54) is 7.11 Å². The van der Waals surface area contributed by atoms with Gasteiger partial charge in [-0.3, -0.25) is 9.59 Å². The van der Waals surface area contributed by atoms with E-state index in [4.69, 9.17) is 10.00 Å². The summed E-state index contributed by atoms with van der Waals surface area (Å²) in [4.78, 5) is 23.2. The molecule has 1 aliphatic heterocycles. The molecule has 6 heteroatoms. The predicted octanol–water partition coefficient (Wildman–Crippen LogP) is 2.67. The number of benzene rings is 2. The highest BCUT2D eigenvalue weighted by molar-refractivity contribution is 5.85. The van der Waals surface area contributed by atoms with Gasteiger partial charge < -0.3 is 14.8 Å². The maximum absolute atomic E-state index is 11.9. The number of hydrogen-bond acceptors (Lipinski definition) is 5. The quantitative estimate of drug-likeness (QED) is 0.796. The van der Waals surface area contributed by atoms with Crippen LogP contribution in [0.15, 0.2) is 48.5 Å².